The third-order valence-electron chi connectivity index (χ3n) is 1.95. The van der Waals surface area contributed by atoms with Crippen LogP contribution in [-0.4, -0.2) is 25.3 Å². The van der Waals surface area contributed by atoms with Gasteiger partial charge in [-0.2, -0.15) is 0 Å². The Hall–Kier alpha value is -0.0800. The highest BCUT2D eigenvalue weighted by molar-refractivity contribution is 4.74. The molecule has 1 saturated heterocycles. The van der Waals surface area contributed by atoms with E-state index in [1.54, 1.807) is 0 Å². The molecule has 0 aromatic heterocycles. The molecule has 0 saturated carbocycles. The Labute approximate surface area is 69.3 Å². The summed E-state index contributed by atoms with van der Waals surface area (Å²) in [5.74, 6) is 0.745. The molecule has 2 heteroatoms. The van der Waals surface area contributed by atoms with Crippen LogP contribution >= 0.6 is 0 Å². The minimum Gasteiger partial charge on any atom is -0.381 e. The molecule has 2 nitrogen and oxygen atoms in total. The van der Waals surface area contributed by atoms with Crippen LogP contribution in [-0.2, 0) is 4.74 Å². The summed E-state index contributed by atoms with van der Waals surface area (Å²) in [7, 11) is 0. The topological polar surface area (TPSA) is 21.3 Å². The van der Waals surface area contributed by atoms with E-state index in [4.69, 9.17) is 4.74 Å². The smallest absolute Gasteiger partial charge is 0.0507 e. The van der Waals surface area contributed by atoms with Gasteiger partial charge in [0.1, 0.15) is 0 Å². The quantitative estimate of drug-likeness (QED) is 0.654. The van der Waals surface area contributed by atoms with Gasteiger partial charge in [-0.25, -0.2) is 0 Å². The van der Waals surface area contributed by atoms with Crippen molar-refractivity contribution in [2.45, 2.75) is 32.7 Å². The number of ether oxygens (including phenoxy) is 1. The molecule has 0 amide bonds. The SMILES string of the molecule is CC(C)(C)NC[C@@H]1CCOC1. The maximum absolute atomic E-state index is 5.28. The first-order valence-electron chi connectivity index (χ1n) is 4.41. The predicted octanol–water partition coefficient (Wildman–Crippen LogP) is 1.41. The molecule has 0 unspecified atom stereocenters. The zero-order chi connectivity index (χ0) is 8.32. The molecule has 1 heterocycles. The van der Waals surface area contributed by atoms with Crippen LogP contribution in [0.3, 0.4) is 0 Å². The van der Waals surface area contributed by atoms with Crippen LogP contribution in [0.1, 0.15) is 27.2 Å². The van der Waals surface area contributed by atoms with Gasteiger partial charge in [-0.15, -0.1) is 0 Å². The third-order valence-corrected chi connectivity index (χ3v) is 1.95. The molecule has 0 bridgehead atoms. The Balaban J connectivity index is 2.11. The predicted molar refractivity (Wildman–Crippen MR) is 46.7 cm³/mol. The summed E-state index contributed by atoms with van der Waals surface area (Å²) in [6.07, 6.45) is 1.23. The fourth-order valence-corrected chi connectivity index (χ4v) is 1.19. The van der Waals surface area contributed by atoms with Gasteiger partial charge in [0, 0.05) is 18.7 Å². The molecule has 0 aliphatic carbocycles. The van der Waals surface area contributed by atoms with Gasteiger partial charge in [-0.3, -0.25) is 0 Å². The van der Waals surface area contributed by atoms with Crippen LogP contribution in [0, 0.1) is 5.92 Å². The van der Waals surface area contributed by atoms with Crippen molar-refractivity contribution in [2.75, 3.05) is 19.8 Å². The van der Waals surface area contributed by atoms with Gasteiger partial charge in [-0.1, -0.05) is 0 Å². The van der Waals surface area contributed by atoms with E-state index < -0.39 is 0 Å². The first-order chi connectivity index (χ1) is 5.08. The molecule has 0 aromatic carbocycles. The Morgan fingerprint density at radius 1 is 1.45 bits per heavy atom. The van der Waals surface area contributed by atoms with Gasteiger partial charge in [-0.05, 0) is 33.1 Å². The minimum atomic E-state index is 0.253. The van der Waals surface area contributed by atoms with Crippen LogP contribution < -0.4 is 5.32 Å². The molecule has 1 aliphatic rings. The highest BCUT2D eigenvalue weighted by Crippen LogP contribution is 2.12. The van der Waals surface area contributed by atoms with Crippen molar-refractivity contribution in [2.24, 2.45) is 5.92 Å². The Morgan fingerprint density at radius 3 is 2.64 bits per heavy atom. The van der Waals surface area contributed by atoms with Crippen molar-refractivity contribution >= 4 is 0 Å². The van der Waals surface area contributed by atoms with E-state index in [1.165, 1.54) is 6.42 Å². The second-order valence-electron chi connectivity index (χ2n) is 4.36. The van der Waals surface area contributed by atoms with Crippen LogP contribution in [0.5, 0.6) is 0 Å². The van der Waals surface area contributed by atoms with E-state index in [-0.39, 0.29) is 5.54 Å². The van der Waals surface area contributed by atoms with Crippen molar-refractivity contribution in [3.8, 4) is 0 Å². The lowest BCUT2D eigenvalue weighted by atomic mass is 10.1. The largest absolute Gasteiger partial charge is 0.381 e. The first kappa shape index (κ1) is 9.01. The molecular formula is C9H19NO. The fourth-order valence-electron chi connectivity index (χ4n) is 1.19. The zero-order valence-electron chi connectivity index (χ0n) is 7.81. The van der Waals surface area contributed by atoms with Gasteiger partial charge >= 0.3 is 0 Å². The van der Waals surface area contributed by atoms with Gasteiger partial charge < -0.3 is 10.1 Å². The van der Waals surface area contributed by atoms with E-state index >= 15 is 0 Å². The Bertz CT molecular complexity index is 111. The lowest BCUT2D eigenvalue weighted by molar-refractivity contribution is 0.183. The second kappa shape index (κ2) is 3.55. The lowest BCUT2D eigenvalue weighted by Crippen LogP contribution is -2.39. The second-order valence-corrected chi connectivity index (χ2v) is 4.36. The molecule has 1 fully saturated rings. The van der Waals surface area contributed by atoms with Crippen molar-refractivity contribution in [1.82, 2.24) is 5.32 Å². The summed E-state index contributed by atoms with van der Waals surface area (Å²) in [4.78, 5) is 0. The minimum absolute atomic E-state index is 0.253. The van der Waals surface area contributed by atoms with Crippen LogP contribution in [0.25, 0.3) is 0 Å². The maximum Gasteiger partial charge on any atom is 0.0507 e. The standard InChI is InChI=1S/C9H19NO/c1-9(2,3)10-6-8-4-5-11-7-8/h8,10H,4-7H2,1-3H3/t8-/m0/s1. The van der Waals surface area contributed by atoms with Crippen molar-refractivity contribution in [3.63, 3.8) is 0 Å². The summed E-state index contributed by atoms with van der Waals surface area (Å²) in [5, 5.41) is 3.48. The zero-order valence-corrected chi connectivity index (χ0v) is 7.81. The van der Waals surface area contributed by atoms with E-state index in [0.717, 1.165) is 25.7 Å². The molecule has 11 heavy (non-hydrogen) atoms. The summed E-state index contributed by atoms with van der Waals surface area (Å²) in [5.41, 5.74) is 0.253. The monoisotopic (exact) mass is 157 g/mol. The van der Waals surface area contributed by atoms with Crippen LogP contribution in [0.2, 0.25) is 0 Å². The highest BCUT2D eigenvalue weighted by Gasteiger charge is 2.17. The van der Waals surface area contributed by atoms with Crippen LogP contribution in [0.15, 0.2) is 0 Å². The molecular weight excluding hydrogens is 138 g/mol. The van der Waals surface area contributed by atoms with Crippen molar-refractivity contribution in [3.05, 3.63) is 0 Å². The van der Waals surface area contributed by atoms with Crippen molar-refractivity contribution < 1.29 is 4.74 Å². The van der Waals surface area contributed by atoms with Crippen LogP contribution in [0.4, 0.5) is 0 Å². The molecule has 0 radical (unpaired) electrons. The number of nitrogens with one attached hydrogen (secondary N) is 1. The Morgan fingerprint density at radius 2 is 2.18 bits per heavy atom. The van der Waals surface area contributed by atoms with Gasteiger partial charge in [0.15, 0.2) is 0 Å². The summed E-state index contributed by atoms with van der Waals surface area (Å²) >= 11 is 0. The molecule has 1 aliphatic heterocycles. The van der Waals surface area contributed by atoms with E-state index in [9.17, 15) is 0 Å². The highest BCUT2D eigenvalue weighted by atomic mass is 16.5. The summed E-state index contributed by atoms with van der Waals surface area (Å²) in [6.45, 7) is 9.59. The normalized spacial score (nSPS) is 25.9. The number of hydrogen-bond donors (Lipinski definition) is 1. The summed E-state index contributed by atoms with van der Waals surface area (Å²) in [6, 6.07) is 0. The van der Waals surface area contributed by atoms with E-state index in [1.807, 2.05) is 0 Å². The molecule has 1 atom stereocenters. The molecule has 0 spiro atoms. The van der Waals surface area contributed by atoms with E-state index in [2.05, 4.69) is 26.1 Å². The number of rotatable bonds is 2. The average Bonchev–Trinajstić information content (AvgIpc) is 2.32. The fraction of sp³-hybridized carbons (Fsp3) is 1.00. The number of hydrogen-bond acceptors (Lipinski definition) is 2. The van der Waals surface area contributed by atoms with Gasteiger partial charge in [0.2, 0.25) is 0 Å². The van der Waals surface area contributed by atoms with Gasteiger partial charge in [0.25, 0.3) is 0 Å². The first-order valence-corrected chi connectivity index (χ1v) is 4.41. The molecule has 66 valence electrons. The van der Waals surface area contributed by atoms with Crippen molar-refractivity contribution in [1.29, 1.82) is 0 Å². The average molecular weight is 157 g/mol. The van der Waals surface area contributed by atoms with Gasteiger partial charge in [0.05, 0.1) is 6.61 Å². The summed E-state index contributed by atoms with van der Waals surface area (Å²) < 4.78 is 5.28. The van der Waals surface area contributed by atoms with E-state index in [0.29, 0.717) is 0 Å². The third kappa shape index (κ3) is 3.73. The molecule has 0 aromatic rings. The maximum atomic E-state index is 5.28. The lowest BCUT2D eigenvalue weighted by Gasteiger charge is -2.22. The Kier molecular flexibility index (Phi) is 2.90. The molecule has 1 N–H and O–H groups in total. The molecule has 1 rings (SSSR count).